The highest BCUT2D eigenvalue weighted by atomic mass is 16.3. The SMILES string of the molecule is C[C@@]12CCc3occc3C1CC[C@@]13C[C@@H](CCC12)[C@@](O)(CO)C3. The normalized spacial score (nSPS) is 51.0. The molecule has 2 unspecified atom stereocenters. The van der Waals surface area contributed by atoms with Gasteiger partial charge in [0.1, 0.15) is 5.76 Å². The summed E-state index contributed by atoms with van der Waals surface area (Å²) in [5.41, 5.74) is 1.26. The van der Waals surface area contributed by atoms with Crippen LogP contribution < -0.4 is 0 Å². The predicted octanol–water partition coefficient (Wildman–Crippen LogP) is 3.64. The van der Waals surface area contributed by atoms with Crippen LogP contribution in [0.4, 0.5) is 0 Å². The van der Waals surface area contributed by atoms with E-state index in [0.29, 0.717) is 23.2 Å². The zero-order valence-corrected chi connectivity index (χ0v) is 14.1. The summed E-state index contributed by atoms with van der Waals surface area (Å²) in [7, 11) is 0. The third kappa shape index (κ3) is 1.68. The largest absolute Gasteiger partial charge is 0.469 e. The molecule has 0 saturated heterocycles. The van der Waals surface area contributed by atoms with E-state index in [-0.39, 0.29) is 12.0 Å². The summed E-state index contributed by atoms with van der Waals surface area (Å²) in [6.45, 7) is 2.45. The molecule has 0 aromatic carbocycles. The van der Waals surface area contributed by atoms with Crippen LogP contribution in [0.3, 0.4) is 0 Å². The van der Waals surface area contributed by atoms with Crippen LogP contribution in [-0.4, -0.2) is 22.4 Å². The summed E-state index contributed by atoms with van der Waals surface area (Å²) in [6, 6.07) is 2.21. The Morgan fingerprint density at radius 2 is 2.13 bits per heavy atom. The van der Waals surface area contributed by atoms with E-state index in [1.807, 2.05) is 6.26 Å². The highest BCUT2D eigenvalue weighted by Crippen LogP contribution is 2.71. The van der Waals surface area contributed by atoms with E-state index in [9.17, 15) is 10.2 Å². The molecule has 3 saturated carbocycles. The molecule has 1 aromatic rings. The summed E-state index contributed by atoms with van der Waals surface area (Å²) >= 11 is 0. The number of aryl methyl sites for hydroxylation is 1. The fraction of sp³-hybridized carbons (Fsp3) is 0.800. The number of hydrogen-bond donors (Lipinski definition) is 2. The number of rotatable bonds is 1. The van der Waals surface area contributed by atoms with E-state index in [2.05, 4.69) is 13.0 Å². The molecule has 1 heterocycles. The zero-order valence-electron chi connectivity index (χ0n) is 14.1. The van der Waals surface area contributed by atoms with Crippen molar-refractivity contribution in [1.82, 2.24) is 0 Å². The van der Waals surface area contributed by atoms with Gasteiger partial charge in [-0.05, 0) is 85.2 Å². The van der Waals surface area contributed by atoms with Crippen molar-refractivity contribution in [2.75, 3.05) is 6.61 Å². The molecule has 0 radical (unpaired) electrons. The molecule has 1 spiro atoms. The first-order valence-corrected chi connectivity index (χ1v) is 9.40. The van der Waals surface area contributed by atoms with Crippen molar-refractivity contribution in [3.05, 3.63) is 23.7 Å². The van der Waals surface area contributed by atoms with Crippen molar-refractivity contribution in [1.29, 1.82) is 0 Å². The van der Waals surface area contributed by atoms with Crippen molar-refractivity contribution in [2.45, 2.75) is 69.8 Å². The van der Waals surface area contributed by atoms with Gasteiger partial charge in [0.05, 0.1) is 18.5 Å². The molecular weight excluding hydrogens is 288 g/mol. The smallest absolute Gasteiger partial charge is 0.107 e. The van der Waals surface area contributed by atoms with Gasteiger partial charge >= 0.3 is 0 Å². The van der Waals surface area contributed by atoms with Gasteiger partial charge < -0.3 is 14.6 Å². The predicted molar refractivity (Wildman–Crippen MR) is 87.0 cm³/mol. The van der Waals surface area contributed by atoms with Gasteiger partial charge in [-0.3, -0.25) is 0 Å². The van der Waals surface area contributed by atoms with Gasteiger partial charge in [-0.2, -0.15) is 0 Å². The molecule has 0 amide bonds. The molecule has 1 aromatic heterocycles. The van der Waals surface area contributed by atoms with E-state index in [1.165, 1.54) is 37.0 Å². The minimum atomic E-state index is -0.812. The lowest BCUT2D eigenvalue weighted by atomic mass is 9.45. The van der Waals surface area contributed by atoms with Crippen molar-refractivity contribution in [3.63, 3.8) is 0 Å². The minimum absolute atomic E-state index is 0.0574. The molecule has 4 aliphatic carbocycles. The standard InChI is InChI=1S/C20H28O3/c1-18-7-5-16-14(6-9-23-16)15(18)4-8-19-10-13(2-3-17(18)19)20(22,11-19)12-21/h6,9,13,15,17,21-22H,2-5,7-8,10-12H2,1H3/t13-,15?,17?,18-,19+,20+/m1/s1. The average molecular weight is 316 g/mol. The molecule has 126 valence electrons. The summed E-state index contributed by atoms with van der Waals surface area (Å²) in [5, 5.41) is 20.7. The van der Waals surface area contributed by atoms with Crippen molar-refractivity contribution >= 4 is 0 Å². The van der Waals surface area contributed by atoms with Crippen LogP contribution in [0.25, 0.3) is 0 Å². The molecule has 4 aliphatic rings. The summed E-state index contributed by atoms with van der Waals surface area (Å²) < 4.78 is 5.72. The third-order valence-corrected chi connectivity index (χ3v) is 8.46. The maximum atomic E-state index is 10.9. The molecule has 2 N–H and O–H groups in total. The van der Waals surface area contributed by atoms with Gasteiger partial charge in [0.25, 0.3) is 0 Å². The topological polar surface area (TPSA) is 53.6 Å². The maximum absolute atomic E-state index is 10.9. The Morgan fingerprint density at radius 1 is 1.26 bits per heavy atom. The van der Waals surface area contributed by atoms with Gasteiger partial charge in [0.15, 0.2) is 0 Å². The monoisotopic (exact) mass is 316 g/mol. The van der Waals surface area contributed by atoms with E-state index in [0.717, 1.165) is 25.7 Å². The third-order valence-electron chi connectivity index (χ3n) is 8.46. The molecule has 3 nitrogen and oxygen atoms in total. The Balaban J connectivity index is 1.56. The van der Waals surface area contributed by atoms with Gasteiger partial charge in [0.2, 0.25) is 0 Å². The van der Waals surface area contributed by atoms with Crippen LogP contribution >= 0.6 is 0 Å². The summed E-state index contributed by atoms with van der Waals surface area (Å²) in [5.74, 6) is 2.85. The lowest BCUT2D eigenvalue weighted by molar-refractivity contribution is -0.0727. The van der Waals surface area contributed by atoms with Crippen LogP contribution in [0, 0.1) is 22.7 Å². The Morgan fingerprint density at radius 3 is 2.96 bits per heavy atom. The van der Waals surface area contributed by atoms with Crippen molar-refractivity contribution in [2.24, 2.45) is 22.7 Å². The fourth-order valence-corrected chi connectivity index (χ4v) is 7.51. The van der Waals surface area contributed by atoms with Crippen molar-refractivity contribution < 1.29 is 14.6 Å². The first kappa shape index (κ1) is 14.5. The molecule has 2 bridgehead atoms. The lowest BCUT2D eigenvalue weighted by Crippen LogP contribution is -2.51. The number of fused-ring (bicyclic) bond motifs is 5. The molecule has 5 rings (SSSR count). The van der Waals surface area contributed by atoms with Crippen LogP contribution in [0.1, 0.15) is 69.1 Å². The zero-order chi connectivity index (χ0) is 15.9. The first-order chi connectivity index (χ1) is 11.0. The molecule has 6 atom stereocenters. The molecule has 3 fully saturated rings. The fourth-order valence-electron chi connectivity index (χ4n) is 7.51. The number of aliphatic hydroxyl groups excluding tert-OH is 1. The van der Waals surface area contributed by atoms with E-state index in [4.69, 9.17) is 4.42 Å². The van der Waals surface area contributed by atoms with Gasteiger partial charge in [-0.15, -0.1) is 0 Å². The van der Waals surface area contributed by atoms with E-state index >= 15 is 0 Å². The van der Waals surface area contributed by atoms with Crippen LogP contribution in [-0.2, 0) is 6.42 Å². The second-order valence-electron chi connectivity index (χ2n) is 9.23. The Labute approximate surface area is 138 Å². The van der Waals surface area contributed by atoms with Crippen molar-refractivity contribution in [3.8, 4) is 0 Å². The number of aliphatic hydroxyl groups is 2. The van der Waals surface area contributed by atoms with Crippen LogP contribution in [0.15, 0.2) is 16.7 Å². The van der Waals surface area contributed by atoms with Gasteiger partial charge in [-0.1, -0.05) is 6.92 Å². The highest BCUT2D eigenvalue weighted by Gasteiger charge is 2.65. The number of furan rings is 1. The molecule has 0 aliphatic heterocycles. The molecular formula is C20H28O3. The maximum Gasteiger partial charge on any atom is 0.107 e. The first-order valence-electron chi connectivity index (χ1n) is 9.40. The number of hydrogen-bond acceptors (Lipinski definition) is 3. The Bertz CT molecular complexity index is 637. The Hall–Kier alpha value is -0.800. The highest BCUT2D eigenvalue weighted by molar-refractivity contribution is 5.31. The van der Waals surface area contributed by atoms with Gasteiger partial charge in [-0.25, -0.2) is 0 Å². The summed E-state index contributed by atoms with van der Waals surface area (Å²) in [6.07, 6.45) is 10.9. The second kappa shape index (κ2) is 4.43. The summed E-state index contributed by atoms with van der Waals surface area (Å²) in [4.78, 5) is 0. The van der Waals surface area contributed by atoms with Crippen LogP contribution in [0.5, 0.6) is 0 Å². The second-order valence-corrected chi connectivity index (χ2v) is 9.23. The lowest BCUT2D eigenvalue weighted by Gasteiger charge is -2.59. The van der Waals surface area contributed by atoms with E-state index < -0.39 is 5.60 Å². The van der Waals surface area contributed by atoms with E-state index in [1.54, 1.807) is 0 Å². The minimum Gasteiger partial charge on any atom is -0.469 e. The average Bonchev–Trinajstić information content (AvgIpc) is 3.09. The quantitative estimate of drug-likeness (QED) is 0.831. The van der Waals surface area contributed by atoms with Crippen LogP contribution in [0.2, 0.25) is 0 Å². The van der Waals surface area contributed by atoms with Gasteiger partial charge in [0, 0.05) is 6.42 Å². The molecule has 3 heteroatoms. The Kier molecular flexibility index (Phi) is 2.80. The molecule has 23 heavy (non-hydrogen) atoms.